The number of aryl methyl sites for hydroxylation is 1. The molecule has 0 amide bonds. The van der Waals surface area contributed by atoms with Crippen molar-refractivity contribution in [1.82, 2.24) is 4.98 Å². The van der Waals surface area contributed by atoms with E-state index in [-0.39, 0.29) is 12.4 Å². The van der Waals surface area contributed by atoms with Crippen molar-refractivity contribution in [1.29, 1.82) is 0 Å². The molecule has 0 aromatic carbocycles. The molecule has 1 aromatic heterocycles. The quantitative estimate of drug-likeness (QED) is 0.743. The molecule has 58 valence electrons. The van der Waals surface area contributed by atoms with Crippen LogP contribution in [0.2, 0.25) is 0 Å². The average molecular weight is 179 g/mol. The third-order valence-electron chi connectivity index (χ3n) is 1.03. The molecule has 0 bridgehead atoms. The van der Waals surface area contributed by atoms with Crippen molar-refractivity contribution in [2.45, 2.75) is 13.3 Å². The number of nitrogens with two attached hydrogens (primary N) is 1. The number of nitrogens with zero attached hydrogens (tertiary/aromatic N) is 1. The lowest BCUT2D eigenvalue weighted by atomic mass is 10.5. The van der Waals surface area contributed by atoms with Gasteiger partial charge in [0, 0.05) is 17.5 Å². The zero-order chi connectivity index (χ0) is 6.69. The molecule has 2 N–H and O–H groups in total. The molecule has 1 heterocycles. The number of rotatable bonds is 2. The molecule has 0 aliphatic carbocycles. The summed E-state index contributed by atoms with van der Waals surface area (Å²) in [4.78, 5) is 5.41. The fraction of sp³-hybridized carbons (Fsp3) is 0.500. The smallest absolute Gasteiger partial charge is 0.0940 e. The normalized spacial score (nSPS) is 9.00. The molecule has 4 heteroatoms. The Morgan fingerprint density at radius 3 is 2.80 bits per heavy atom. The Balaban J connectivity index is 0.000000810. The molecule has 0 aliphatic rings. The van der Waals surface area contributed by atoms with Gasteiger partial charge in [0.1, 0.15) is 0 Å². The minimum absolute atomic E-state index is 0. The first-order chi connectivity index (χ1) is 4.33. The monoisotopic (exact) mass is 178 g/mol. The van der Waals surface area contributed by atoms with Crippen molar-refractivity contribution in [2.24, 2.45) is 5.73 Å². The van der Waals surface area contributed by atoms with Crippen LogP contribution in [-0.2, 0) is 6.42 Å². The summed E-state index contributed by atoms with van der Waals surface area (Å²) in [5.41, 5.74) is 5.34. The lowest BCUT2D eigenvalue weighted by Gasteiger charge is -1.85. The van der Waals surface area contributed by atoms with Crippen molar-refractivity contribution >= 4 is 23.7 Å². The summed E-state index contributed by atoms with van der Waals surface area (Å²) in [5, 5.41) is 1.15. The zero-order valence-electron chi connectivity index (χ0n) is 5.83. The van der Waals surface area contributed by atoms with Gasteiger partial charge in [-0.3, -0.25) is 0 Å². The van der Waals surface area contributed by atoms with Gasteiger partial charge in [-0.05, 0) is 13.5 Å². The predicted octanol–water partition coefficient (Wildman–Crippen LogP) is 1.37. The van der Waals surface area contributed by atoms with E-state index in [9.17, 15) is 0 Å². The van der Waals surface area contributed by atoms with Crippen LogP contribution in [0.15, 0.2) is 6.20 Å². The maximum Gasteiger partial charge on any atom is 0.0940 e. The molecule has 2 nitrogen and oxygen atoms in total. The number of aromatic nitrogens is 1. The van der Waals surface area contributed by atoms with Gasteiger partial charge in [0.2, 0.25) is 0 Å². The van der Waals surface area contributed by atoms with Crippen LogP contribution in [0, 0.1) is 6.92 Å². The molecule has 0 unspecified atom stereocenters. The third kappa shape index (κ3) is 2.64. The minimum Gasteiger partial charge on any atom is -0.330 e. The lowest BCUT2D eigenvalue weighted by molar-refractivity contribution is 0.953. The van der Waals surface area contributed by atoms with Crippen LogP contribution >= 0.6 is 23.7 Å². The maximum absolute atomic E-state index is 5.34. The van der Waals surface area contributed by atoms with Crippen molar-refractivity contribution in [3.8, 4) is 0 Å². The molecule has 1 rings (SSSR count). The van der Waals surface area contributed by atoms with Crippen LogP contribution in [0.1, 0.15) is 9.88 Å². The molecule has 0 fully saturated rings. The Bertz CT molecular complexity index is 188. The first-order valence-corrected chi connectivity index (χ1v) is 3.76. The van der Waals surface area contributed by atoms with Crippen molar-refractivity contribution in [3.63, 3.8) is 0 Å². The van der Waals surface area contributed by atoms with E-state index >= 15 is 0 Å². The lowest BCUT2D eigenvalue weighted by Crippen LogP contribution is -2.01. The predicted molar refractivity (Wildman–Crippen MR) is 46.9 cm³/mol. The Morgan fingerprint density at radius 2 is 2.40 bits per heavy atom. The van der Waals surface area contributed by atoms with E-state index in [2.05, 4.69) is 11.9 Å². The van der Waals surface area contributed by atoms with Gasteiger partial charge in [0.25, 0.3) is 0 Å². The summed E-state index contributed by atoms with van der Waals surface area (Å²) in [6.45, 7) is 2.75. The first-order valence-electron chi connectivity index (χ1n) is 2.94. The van der Waals surface area contributed by atoms with E-state index in [0.29, 0.717) is 6.54 Å². The average Bonchev–Trinajstić information content (AvgIpc) is 2.17. The summed E-state index contributed by atoms with van der Waals surface area (Å²) in [5.74, 6) is 0. The zero-order valence-corrected chi connectivity index (χ0v) is 7.47. The summed E-state index contributed by atoms with van der Waals surface area (Å²) in [6, 6.07) is 0. The minimum atomic E-state index is 0. The fourth-order valence-electron chi connectivity index (χ4n) is 0.640. The van der Waals surface area contributed by atoms with Crippen LogP contribution < -0.4 is 5.73 Å². The summed E-state index contributed by atoms with van der Waals surface area (Å²) >= 11 is 1.72. The van der Waals surface area contributed by atoms with E-state index in [1.54, 1.807) is 11.3 Å². The van der Waals surface area contributed by atoms with Crippen LogP contribution in [-0.4, -0.2) is 11.5 Å². The number of halogens is 1. The standard InChI is InChI=1S/C6H10N2S.ClH/c1-5-4-8-6(9-5)2-3-7;/h4H,2-3,7H2,1H3;1H. The summed E-state index contributed by atoms with van der Waals surface area (Å²) < 4.78 is 0. The van der Waals surface area contributed by atoms with Gasteiger partial charge in [-0.25, -0.2) is 4.98 Å². The van der Waals surface area contributed by atoms with E-state index in [1.807, 2.05) is 6.20 Å². The van der Waals surface area contributed by atoms with E-state index in [4.69, 9.17) is 5.73 Å². The SMILES string of the molecule is Cc1cnc(CCN)s1.Cl. The van der Waals surface area contributed by atoms with Crippen LogP contribution in [0.5, 0.6) is 0 Å². The molecule has 0 atom stereocenters. The second kappa shape index (κ2) is 4.66. The molecule has 0 spiro atoms. The van der Waals surface area contributed by atoms with Gasteiger partial charge >= 0.3 is 0 Å². The van der Waals surface area contributed by atoms with Crippen LogP contribution in [0.3, 0.4) is 0 Å². The third-order valence-corrected chi connectivity index (χ3v) is 2.00. The Labute approximate surface area is 70.9 Å². The van der Waals surface area contributed by atoms with E-state index in [1.165, 1.54) is 4.88 Å². The molecule has 0 saturated carbocycles. The van der Waals surface area contributed by atoms with Gasteiger partial charge in [0.05, 0.1) is 5.01 Å². The molecule has 0 radical (unpaired) electrons. The van der Waals surface area contributed by atoms with Gasteiger partial charge in [-0.1, -0.05) is 0 Å². The van der Waals surface area contributed by atoms with Crippen molar-refractivity contribution < 1.29 is 0 Å². The van der Waals surface area contributed by atoms with Crippen molar-refractivity contribution in [2.75, 3.05) is 6.54 Å². The molecule has 10 heavy (non-hydrogen) atoms. The molecular formula is C6H11ClN2S. The highest BCUT2D eigenvalue weighted by atomic mass is 35.5. The summed E-state index contributed by atoms with van der Waals surface area (Å²) in [7, 11) is 0. The second-order valence-electron chi connectivity index (χ2n) is 1.90. The molecular weight excluding hydrogens is 168 g/mol. The van der Waals surface area contributed by atoms with Crippen LogP contribution in [0.4, 0.5) is 0 Å². The van der Waals surface area contributed by atoms with Crippen LogP contribution in [0.25, 0.3) is 0 Å². The second-order valence-corrected chi connectivity index (χ2v) is 3.22. The Morgan fingerprint density at radius 1 is 1.70 bits per heavy atom. The Kier molecular flexibility index (Phi) is 4.60. The highest BCUT2D eigenvalue weighted by molar-refractivity contribution is 7.11. The van der Waals surface area contributed by atoms with Crippen molar-refractivity contribution in [3.05, 3.63) is 16.1 Å². The number of thiazole rings is 1. The molecule has 0 aliphatic heterocycles. The molecule has 0 saturated heterocycles. The highest BCUT2D eigenvalue weighted by Gasteiger charge is 1.94. The highest BCUT2D eigenvalue weighted by Crippen LogP contribution is 2.10. The van der Waals surface area contributed by atoms with E-state index < -0.39 is 0 Å². The largest absolute Gasteiger partial charge is 0.330 e. The topological polar surface area (TPSA) is 38.9 Å². The van der Waals surface area contributed by atoms with Gasteiger partial charge in [-0.2, -0.15) is 0 Å². The van der Waals surface area contributed by atoms with Gasteiger partial charge in [-0.15, -0.1) is 23.7 Å². The van der Waals surface area contributed by atoms with Gasteiger partial charge < -0.3 is 5.73 Å². The number of hydrogen-bond donors (Lipinski definition) is 1. The fourth-order valence-corrected chi connectivity index (χ4v) is 1.44. The van der Waals surface area contributed by atoms with Gasteiger partial charge in [0.15, 0.2) is 0 Å². The summed E-state index contributed by atoms with van der Waals surface area (Å²) in [6.07, 6.45) is 2.80. The molecule has 1 aromatic rings. The first kappa shape index (κ1) is 9.88. The Hall–Kier alpha value is -0.120. The maximum atomic E-state index is 5.34. The number of hydrogen-bond acceptors (Lipinski definition) is 3. The van der Waals surface area contributed by atoms with E-state index in [0.717, 1.165) is 11.4 Å².